The molecule has 2 nitrogen and oxygen atoms in total. The SMILES string of the molecule is CC1(c2ncc[nH]2)CCCCCCC1. The lowest BCUT2D eigenvalue weighted by molar-refractivity contribution is 0.327. The van der Waals surface area contributed by atoms with Crippen molar-refractivity contribution in [1.29, 1.82) is 0 Å². The van der Waals surface area contributed by atoms with Gasteiger partial charge in [-0.15, -0.1) is 0 Å². The van der Waals surface area contributed by atoms with Crippen molar-refractivity contribution in [3.05, 3.63) is 18.2 Å². The standard InChI is InChI=1S/C12H20N2/c1-12(11-13-9-10-14-11)7-5-3-2-4-6-8-12/h9-10H,2-8H2,1H3,(H,13,14). The number of aromatic amines is 1. The highest BCUT2D eigenvalue weighted by Crippen LogP contribution is 2.34. The van der Waals surface area contributed by atoms with Crippen molar-refractivity contribution in [3.63, 3.8) is 0 Å². The minimum Gasteiger partial charge on any atom is -0.348 e. The first-order valence-corrected chi connectivity index (χ1v) is 5.81. The second kappa shape index (κ2) is 4.16. The minimum atomic E-state index is 0.309. The van der Waals surface area contributed by atoms with Gasteiger partial charge in [-0.1, -0.05) is 39.0 Å². The average molecular weight is 192 g/mol. The lowest BCUT2D eigenvalue weighted by Crippen LogP contribution is -2.24. The van der Waals surface area contributed by atoms with Crippen LogP contribution in [-0.4, -0.2) is 9.97 Å². The van der Waals surface area contributed by atoms with Crippen molar-refractivity contribution in [2.24, 2.45) is 0 Å². The van der Waals surface area contributed by atoms with Crippen LogP contribution in [0.3, 0.4) is 0 Å². The van der Waals surface area contributed by atoms with Gasteiger partial charge in [0, 0.05) is 17.8 Å². The molecule has 1 N–H and O–H groups in total. The van der Waals surface area contributed by atoms with E-state index in [4.69, 9.17) is 0 Å². The van der Waals surface area contributed by atoms with Crippen LogP contribution in [-0.2, 0) is 5.41 Å². The summed E-state index contributed by atoms with van der Waals surface area (Å²) in [4.78, 5) is 7.71. The molecule has 1 fully saturated rings. The van der Waals surface area contributed by atoms with E-state index in [0.29, 0.717) is 5.41 Å². The molecule has 1 aliphatic carbocycles. The molecular formula is C12H20N2. The third-order valence-corrected chi connectivity index (χ3v) is 3.53. The highest BCUT2D eigenvalue weighted by Gasteiger charge is 2.28. The summed E-state index contributed by atoms with van der Waals surface area (Å²) >= 11 is 0. The minimum absolute atomic E-state index is 0.309. The number of hydrogen-bond acceptors (Lipinski definition) is 1. The van der Waals surface area contributed by atoms with Crippen molar-refractivity contribution < 1.29 is 0 Å². The summed E-state index contributed by atoms with van der Waals surface area (Å²) in [6.07, 6.45) is 13.3. The first-order chi connectivity index (χ1) is 6.81. The Morgan fingerprint density at radius 2 is 1.79 bits per heavy atom. The molecule has 1 aliphatic rings. The Kier molecular flexibility index (Phi) is 2.90. The fourth-order valence-electron chi connectivity index (χ4n) is 2.52. The molecule has 14 heavy (non-hydrogen) atoms. The van der Waals surface area contributed by atoms with Crippen LogP contribution in [0.15, 0.2) is 12.4 Å². The van der Waals surface area contributed by atoms with E-state index in [9.17, 15) is 0 Å². The van der Waals surface area contributed by atoms with Gasteiger partial charge in [-0.05, 0) is 12.8 Å². The van der Waals surface area contributed by atoms with Gasteiger partial charge in [0.15, 0.2) is 0 Å². The van der Waals surface area contributed by atoms with Gasteiger partial charge < -0.3 is 4.98 Å². The van der Waals surface area contributed by atoms with E-state index in [1.54, 1.807) is 0 Å². The quantitative estimate of drug-likeness (QED) is 0.725. The predicted molar refractivity (Wildman–Crippen MR) is 58.3 cm³/mol. The molecule has 0 aromatic carbocycles. The first kappa shape index (κ1) is 9.75. The van der Waals surface area contributed by atoms with E-state index >= 15 is 0 Å². The number of nitrogens with zero attached hydrogens (tertiary/aromatic N) is 1. The Labute approximate surface area is 86.1 Å². The van der Waals surface area contributed by atoms with Crippen LogP contribution in [0.2, 0.25) is 0 Å². The Bertz CT molecular complexity index is 256. The second-order valence-electron chi connectivity index (χ2n) is 4.77. The van der Waals surface area contributed by atoms with Gasteiger partial charge in [-0.3, -0.25) is 0 Å². The summed E-state index contributed by atoms with van der Waals surface area (Å²) in [6.45, 7) is 2.36. The fraction of sp³-hybridized carbons (Fsp3) is 0.750. The Morgan fingerprint density at radius 3 is 2.36 bits per heavy atom. The van der Waals surface area contributed by atoms with Gasteiger partial charge in [0.25, 0.3) is 0 Å². The molecule has 0 atom stereocenters. The van der Waals surface area contributed by atoms with Crippen molar-refractivity contribution in [2.75, 3.05) is 0 Å². The topological polar surface area (TPSA) is 28.7 Å². The number of hydrogen-bond donors (Lipinski definition) is 1. The van der Waals surface area contributed by atoms with Crippen LogP contribution in [0.1, 0.15) is 57.7 Å². The lowest BCUT2D eigenvalue weighted by atomic mass is 9.77. The van der Waals surface area contributed by atoms with Gasteiger partial charge in [-0.25, -0.2) is 4.98 Å². The second-order valence-corrected chi connectivity index (χ2v) is 4.77. The maximum atomic E-state index is 4.43. The molecule has 1 aromatic heterocycles. The normalized spacial score (nSPS) is 22.6. The zero-order chi connectivity index (χ0) is 9.86. The van der Waals surface area contributed by atoms with E-state index in [1.807, 2.05) is 12.4 Å². The third kappa shape index (κ3) is 1.99. The van der Waals surface area contributed by atoms with Gasteiger partial charge >= 0.3 is 0 Å². The zero-order valence-electron chi connectivity index (χ0n) is 9.05. The van der Waals surface area contributed by atoms with Crippen LogP contribution in [0.5, 0.6) is 0 Å². The van der Waals surface area contributed by atoms with E-state index < -0.39 is 0 Å². The molecule has 1 aromatic rings. The van der Waals surface area contributed by atoms with Crippen LogP contribution in [0.4, 0.5) is 0 Å². The molecule has 78 valence electrons. The molecule has 0 aliphatic heterocycles. The smallest absolute Gasteiger partial charge is 0.111 e. The molecule has 0 radical (unpaired) electrons. The molecule has 0 unspecified atom stereocenters. The van der Waals surface area contributed by atoms with Gasteiger partial charge in [0.05, 0.1) is 0 Å². The molecule has 1 saturated carbocycles. The molecule has 2 rings (SSSR count). The summed E-state index contributed by atoms with van der Waals surface area (Å²) in [5, 5.41) is 0. The molecular weight excluding hydrogens is 172 g/mol. The third-order valence-electron chi connectivity index (χ3n) is 3.53. The molecule has 1 heterocycles. The zero-order valence-corrected chi connectivity index (χ0v) is 9.05. The average Bonchev–Trinajstić information content (AvgIpc) is 2.65. The maximum absolute atomic E-state index is 4.43. The van der Waals surface area contributed by atoms with Gasteiger partial charge in [0.2, 0.25) is 0 Å². The monoisotopic (exact) mass is 192 g/mol. The van der Waals surface area contributed by atoms with Crippen molar-refractivity contribution in [3.8, 4) is 0 Å². The summed E-state index contributed by atoms with van der Waals surface area (Å²) < 4.78 is 0. The van der Waals surface area contributed by atoms with Crippen molar-refractivity contribution in [2.45, 2.75) is 57.3 Å². The largest absolute Gasteiger partial charge is 0.348 e. The number of aromatic nitrogens is 2. The molecule has 0 spiro atoms. The molecule has 0 amide bonds. The van der Waals surface area contributed by atoms with Crippen molar-refractivity contribution >= 4 is 0 Å². The van der Waals surface area contributed by atoms with E-state index in [-0.39, 0.29) is 0 Å². The Morgan fingerprint density at radius 1 is 1.14 bits per heavy atom. The van der Waals surface area contributed by atoms with Crippen LogP contribution >= 0.6 is 0 Å². The van der Waals surface area contributed by atoms with Crippen LogP contribution in [0, 0.1) is 0 Å². The molecule has 0 bridgehead atoms. The maximum Gasteiger partial charge on any atom is 0.111 e. The number of imidazole rings is 1. The predicted octanol–water partition coefficient (Wildman–Crippen LogP) is 3.41. The molecule has 2 heteroatoms. The Hall–Kier alpha value is -0.790. The number of rotatable bonds is 1. The highest BCUT2D eigenvalue weighted by atomic mass is 14.9. The lowest BCUT2D eigenvalue weighted by Gasteiger charge is -2.29. The van der Waals surface area contributed by atoms with Gasteiger partial charge in [0.1, 0.15) is 5.82 Å². The van der Waals surface area contributed by atoms with Crippen LogP contribution < -0.4 is 0 Å². The first-order valence-electron chi connectivity index (χ1n) is 5.81. The summed E-state index contributed by atoms with van der Waals surface area (Å²) in [5.74, 6) is 1.19. The summed E-state index contributed by atoms with van der Waals surface area (Å²) in [5.41, 5.74) is 0.309. The highest BCUT2D eigenvalue weighted by molar-refractivity contribution is 5.06. The Balaban J connectivity index is 2.11. The van der Waals surface area contributed by atoms with E-state index in [0.717, 1.165) is 0 Å². The number of nitrogens with one attached hydrogen (secondary N) is 1. The van der Waals surface area contributed by atoms with Crippen LogP contribution in [0.25, 0.3) is 0 Å². The summed E-state index contributed by atoms with van der Waals surface area (Å²) in [6, 6.07) is 0. The van der Waals surface area contributed by atoms with Gasteiger partial charge in [-0.2, -0.15) is 0 Å². The number of H-pyrrole nitrogens is 1. The molecule has 0 saturated heterocycles. The van der Waals surface area contributed by atoms with E-state index in [2.05, 4.69) is 16.9 Å². The fourth-order valence-corrected chi connectivity index (χ4v) is 2.52. The van der Waals surface area contributed by atoms with Crippen molar-refractivity contribution in [1.82, 2.24) is 9.97 Å². The van der Waals surface area contributed by atoms with E-state index in [1.165, 1.54) is 50.8 Å². The summed E-state index contributed by atoms with van der Waals surface area (Å²) in [7, 11) is 0.